The van der Waals surface area contributed by atoms with Crippen LogP contribution >= 0.6 is 23.2 Å². The lowest BCUT2D eigenvalue weighted by molar-refractivity contribution is 0.0477. The first-order valence-corrected chi connectivity index (χ1v) is 11.2. The van der Waals surface area contributed by atoms with E-state index in [0.717, 1.165) is 0 Å². The highest BCUT2D eigenvalue weighted by Gasteiger charge is 2.30. The molecule has 1 unspecified atom stereocenters. The Morgan fingerprint density at radius 3 is 2.41 bits per heavy atom. The van der Waals surface area contributed by atoms with Crippen LogP contribution in [0.2, 0.25) is 10.0 Å². The van der Waals surface area contributed by atoms with Crippen molar-refractivity contribution in [3.63, 3.8) is 0 Å². The van der Waals surface area contributed by atoms with Gasteiger partial charge < -0.3 is 14.5 Å². The molecule has 0 saturated heterocycles. The first kappa shape index (κ1) is 23.4. The van der Waals surface area contributed by atoms with E-state index in [4.69, 9.17) is 32.4 Å². The fourth-order valence-corrected chi connectivity index (χ4v) is 3.77. The van der Waals surface area contributed by atoms with Crippen molar-refractivity contribution in [2.45, 2.75) is 57.2 Å². The average molecular weight is 464 g/mol. The van der Waals surface area contributed by atoms with E-state index >= 15 is 0 Å². The Hall–Kier alpha value is -1.84. The molecule has 2 rings (SSSR count). The van der Waals surface area contributed by atoms with Gasteiger partial charge in [0, 0.05) is 0 Å². The monoisotopic (exact) mass is 463 g/mol. The lowest BCUT2D eigenvalue weighted by Crippen LogP contribution is -2.37. The second kappa shape index (κ2) is 8.89. The molecule has 0 aliphatic carbocycles. The smallest absolute Gasteiger partial charge is 0.408 e. The molecule has 8 nitrogen and oxygen atoms in total. The van der Waals surface area contributed by atoms with Crippen LogP contribution in [0.4, 0.5) is 4.79 Å². The van der Waals surface area contributed by atoms with Gasteiger partial charge in [-0.1, -0.05) is 48.2 Å². The van der Waals surface area contributed by atoms with Crippen LogP contribution in [0.5, 0.6) is 0 Å². The number of halogens is 2. The van der Waals surface area contributed by atoms with Gasteiger partial charge in [-0.2, -0.15) is 0 Å². The molecular formula is C18H23Cl2N3O5S. The summed E-state index contributed by atoms with van der Waals surface area (Å²) in [6.07, 6.45) is -0.672. The number of ether oxygens (including phenoxy) is 1. The number of hydrogen-bond donors (Lipinski definition) is 1. The molecule has 0 saturated carbocycles. The summed E-state index contributed by atoms with van der Waals surface area (Å²) in [6.45, 7) is 8.83. The van der Waals surface area contributed by atoms with E-state index in [1.807, 2.05) is 13.8 Å². The van der Waals surface area contributed by atoms with Gasteiger partial charge in [0.2, 0.25) is 15.7 Å². The summed E-state index contributed by atoms with van der Waals surface area (Å²) in [5, 5.41) is 10.1. The van der Waals surface area contributed by atoms with Crippen LogP contribution in [-0.2, 0) is 20.3 Å². The SMILES string of the molecule is CC(C)C(NC(=O)OC(C)(C)C)c1nnc(S(=O)(=O)Cc2ccc(Cl)c(Cl)c2)o1. The summed E-state index contributed by atoms with van der Waals surface area (Å²) < 4.78 is 35.9. The Morgan fingerprint density at radius 1 is 1.21 bits per heavy atom. The van der Waals surface area contributed by atoms with E-state index < -0.39 is 38.5 Å². The molecule has 1 amide bonds. The van der Waals surface area contributed by atoms with E-state index in [2.05, 4.69) is 15.5 Å². The number of sulfone groups is 1. The Kier molecular flexibility index (Phi) is 7.19. The zero-order chi connectivity index (χ0) is 22.0. The maximum absolute atomic E-state index is 12.6. The van der Waals surface area contributed by atoms with Crippen molar-refractivity contribution in [1.29, 1.82) is 0 Å². The van der Waals surface area contributed by atoms with Crippen LogP contribution < -0.4 is 5.32 Å². The highest BCUT2D eigenvalue weighted by molar-refractivity contribution is 7.90. The molecule has 0 radical (unpaired) electrons. The summed E-state index contributed by atoms with van der Waals surface area (Å²) in [4.78, 5) is 12.1. The van der Waals surface area contributed by atoms with Crippen molar-refractivity contribution in [2.24, 2.45) is 5.92 Å². The molecule has 1 aromatic heterocycles. The average Bonchev–Trinajstić information content (AvgIpc) is 3.04. The number of benzene rings is 1. The molecule has 160 valence electrons. The Bertz CT molecular complexity index is 984. The third-order valence-electron chi connectivity index (χ3n) is 3.63. The van der Waals surface area contributed by atoms with Crippen LogP contribution in [0.15, 0.2) is 27.8 Å². The molecule has 2 aromatic rings. The summed E-state index contributed by atoms with van der Waals surface area (Å²) >= 11 is 11.8. The van der Waals surface area contributed by atoms with E-state index in [-0.39, 0.29) is 16.8 Å². The third-order valence-corrected chi connectivity index (χ3v) is 5.78. The molecule has 0 aliphatic rings. The van der Waals surface area contributed by atoms with Crippen LogP contribution in [0.1, 0.15) is 52.1 Å². The predicted octanol–water partition coefficient (Wildman–Crippen LogP) is 4.57. The van der Waals surface area contributed by atoms with Crippen molar-refractivity contribution in [3.05, 3.63) is 39.7 Å². The maximum atomic E-state index is 12.6. The fraction of sp³-hybridized carbons (Fsp3) is 0.500. The van der Waals surface area contributed by atoms with Crippen molar-refractivity contribution in [1.82, 2.24) is 15.5 Å². The second-order valence-corrected chi connectivity index (χ2v) is 10.5. The number of aromatic nitrogens is 2. The number of nitrogens with one attached hydrogen (secondary N) is 1. The van der Waals surface area contributed by atoms with Gasteiger partial charge in [0.05, 0.1) is 15.8 Å². The lowest BCUT2D eigenvalue weighted by Gasteiger charge is -2.23. The molecule has 29 heavy (non-hydrogen) atoms. The van der Waals surface area contributed by atoms with Gasteiger partial charge >= 0.3 is 11.3 Å². The minimum atomic E-state index is -3.92. The Labute approximate surface area is 179 Å². The van der Waals surface area contributed by atoms with Gasteiger partial charge in [-0.25, -0.2) is 13.2 Å². The van der Waals surface area contributed by atoms with Crippen molar-refractivity contribution < 1.29 is 22.4 Å². The number of hydrogen-bond acceptors (Lipinski definition) is 7. The molecule has 1 atom stereocenters. The van der Waals surface area contributed by atoms with Crippen LogP contribution in [0, 0.1) is 5.92 Å². The summed E-state index contributed by atoms with van der Waals surface area (Å²) in [5.41, 5.74) is -0.263. The van der Waals surface area contributed by atoms with Gasteiger partial charge in [0.15, 0.2) is 0 Å². The summed E-state index contributed by atoms with van der Waals surface area (Å²) in [5.74, 6) is -0.579. The predicted molar refractivity (Wildman–Crippen MR) is 109 cm³/mol. The zero-order valence-corrected chi connectivity index (χ0v) is 19.0. The molecule has 0 bridgehead atoms. The van der Waals surface area contributed by atoms with E-state index in [9.17, 15) is 13.2 Å². The van der Waals surface area contributed by atoms with Crippen molar-refractivity contribution in [3.8, 4) is 0 Å². The number of nitrogens with zero attached hydrogens (tertiary/aromatic N) is 2. The third kappa shape index (κ3) is 6.58. The molecule has 0 aliphatic heterocycles. The lowest BCUT2D eigenvalue weighted by atomic mass is 10.1. The highest BCUT2D eigenvalue weighted by Crippen LogP contribution is 2.26. The number of amides is 1. The topological polar surface area (TPSA) is 111 Å². The van der Waals surface area contributed by atoms with Gasteiger partial charge in [0.25, 0.3) is 0 Å². The van der Waals surface area contributed by atoms with Crippen LogP contribution in [-0.4, -0.2) is 30.3 Å². The maximum Gasteiger partial charge on any atom is 0.408 e. The van der Waals surface area contributed by atoms with Crippen LogP contribution in [0.25, 0.3) is 0 Å². The number of alkyl carbamates (subject to hydrolysis) is 1. The van der Waals surface area contributed by atoms with Crippen molar-refractivity contribution in [2.75, 3.05) is 0 Å². The second-order valence-electron chi connectivity index (χ2n) is 7.78. The molecule has 0 fully saturated rings. The molecule has 1 N–H and O–H groups in total. The summed E-state index contributed by atoms with van der Waals surface area (Å²) in [6, 6.07) is 3.79. The van der Waals surface area contributed by atoms with Gasteiger partial charge in [-0.3, -0.25) is 0 Å². The first-order valence-electron chi connectivity index (χ1n) is 8.78. The standard InChI is InChI=1S/C18H23Cl2N3O5S/c1-10(2)14(21-16(24)28-18(3,4)5)15-22-23-17(27-15)29(25,26)9-11-6-7-12(19)13(20)8-11/h6-8,10,14H,9H2,1-5H3,(H,21,24). The Morgan fingerprint density at radius 2 is 1.86 bits per heavy atom. The van der Waals surface area contributed by atoms with Crippen LogP contribution in [0.3, 0.4) is 0 Å². The fourth-order valence-electron chi connectivity index (χ4n) is 2.33. The summed E-state index contributed by atoms with van der Waals surface area (Å²) in [7, 11) is -3.92. The van der Waals surface area contributed by atoms with Gasteiger partial charge in [0.1, 0.15) is 11.6 Å². The largest absolute Gasteiger partial charge is 0.444 e. The van der Waals surface area contributed by atoms with E-state index in [1.165, 1.54) is 12.1 Å². The number of carbonyl (C=O) groups excluding carboxylic acids is 1. The minimum Gasteiger partial charge on any atom is -0.444 e. The van der Waals surface area contributed by atoms with E-state index in [1.54, 1.807) is 26.8 Å². The molecular weight excluding hydrogens is 441 g/mol. The molecule has 11 heteroatoms. The molecule has 0 spiro atoms. The normalized spacial score (nSPS) is 13.4. The van der Waals surface area contributed by atoms with Crippen molar-refractivity contribution >= 4 is 39.1 Å². The first-order chi connectivity index (χ1) is 13.3. The number of carbonyl (C=O) groups is 1. The van der Waals surface area contributed by atoms with Gasteiger partial charge in [-0.05, 0) is 44.4 Å². The van der Waals surface area contributed by atoms with E-state index in [0.29, 0.717) is 10.6 Å². The Balaban J connectivity index is 2.21. The number of rotatable bonds is 6. The quantitative estimate of drug-likeness (QED) is 0.667. The highest BCUT2D eigenvalue weighted by atomic mass is 35.5. The minimum absolute atomic E-state index is 0.0291. The molecule has 1 heterocycles. The molecule has 1 aromatic carbocycles. The van der Waals surface area contributed by atoms with Gasteiger partial charge in [-0.15, -0.1) is 5.10 Å². The zero-order valence-electron chi connectivity index (χ0n) is 16.7.